The molecule has 0 unspecified atom stereocenters. The number of carbonyl (C=O) groups is 1. The standard InChI is InChI=1S/C23H30FN7O2.C2H6/c1-2-18-5-6-20(24)21(15-18)29-23(32)31-12-10-30(11-13-31)17-26-8-3-4-14-33-16-19-7-9-27-22(25)28-19;1-2/h3-9,15H,2,10-14,16-17H2,1H3,(H,29,32)(H2,25,27,28);1-2H3/b4-3-,26-8-;. The molecular weight excluding hydrogens is 449 g/mol. The van der Waals surface area contributed by atoms with Gasteiger partial charge in [-0.2, -0.15) is 0 Å². The first-order valence-electron chi connectivity index (χ1n) is 11.9. The van der Waals surface area contributed by atoms with Crippen molar-refractivity contribution < 1.29 is 13.9 Å². The molecule has 35 heavy (non-hydrogen) atoms. The number of nitrogens with two attached hydrogens (primary N) is 1. The third-order valence-corrected chi connectivity index (χ3v) is 5.15. The fourth-order valence-electron chi connectivity index (χ4n) is 3.24. The van der Waals surface area contributed by atoms with Gasteiger partial charge in [0.25, 0.3) is 0 Å². The highest BCUT2D eigenvalue weighted by Gasteiger charge is 2.21. The van der Waals surface area contributed by atoms with Gasteiger partial charge in [0, 0.05) is 38.6 Å². The first-order chi connectivity index (χ1) is 17.0. The Balaban J connectivity index is 0.00000210. The van der Waals surface area contributed by atoms with Crippen molar-refractivity contribution in [3.05, 3.63) is 59.7 Å². The van der Waals surface area contributed by atoms with E-state index in [1.54, 1.807) is 35.5 Å². The molecule has 2 heterocycles. The zero-order chi connectivity index (χ0) is 25.5. The molecule has 0 spiro atoms. The van der Waals surface area contributed by atoms with Crippen LogP contribution in [-0.2, 0) is 17.8 Å². The number of hydrogen-bond donors (Lipinski definition) is 2. The number of rotatable bonds is 9. The lowest BCUT2D eigenvalue weighted by Crippen LogP contribution is -2.50. The smallest absolute Gasteiger partial charge is 0.322 e. The van der Waals surface area contributed by atoms with Crippen LogP contribution in [0.15, 0.2) is 47.6 Å². The van der Waals surface area contributed by atoms with Gasteiger partial charge in [-0.25, -0.2) is 19.2 Å². The molecule has 0 radical (unpaired) electrons. The third-order valence-electron chi connectivity index (χ3n) is 5.15. The molecule has 1 aromatic carbocycles. The van der Waals surface area contributed by atoms with Crippen molar-refractivity contribution in [3.8, 4) is 0 Å². The van der Waals surface area contributed by atoms with Crippen LogP contribution in [0.5, 0.6) is 0 Å². The topological polar surface area (TPSA) is 109 Å². The molecule has 0 aliphatic carbocycles. The summed E-state index contributed by atoms with van der Waals surface area (Å²) in [5.41, 5.74) is 7.46. The number of nitrogens with one attached hydrogen (secondary N) is 1. The molecule has 1 aliphatic rings. The van der Waals surface area contributed by atoms with Crippen LogP contribution in [0, 0.1) is 5.82 Å². The predicted octanol–water partition coefficient (Wildman–Crippen LogP) is 3.74. The van der Waals surface area contributed by atoms with Crippen molar-refractivity contribution in [1.82, 2.24) is 19.8 Å². The van der Waals surface area contributed by atoms with E-state index in [4.69, 9.17) is 10.5 Å². The van der Waals surface area contributed by atoms with Crippen molar-refractivity contribution in [2.75, 3.05) is 50.5 Å². The number of amides is 2. The van der Waals surface area contributed by atoms with E-state index in [-0.39, 0.29) is 17.7 Å². The molecule has 190 valence electrons. The number of piperazine rings is 1. The van der Waals surface area contributed by atoms with Gasteiger partial charge in [0.1, 0.15) is 5.82 Å². The SMILES string of the molecule is CC.CCc1ccc(F)c(NC(=O)N2CCN(C/N=C\C=C/COCc3ccnc(N)n3)CC2)c1. The Morgan fingerprint density at radius 3 is 2.74 bits per heavy atom. The molecule has 3 N–H and O–H groups in total. The summed E-state index contributed by atoms with van der Waals surface area (Å²) < 4.78 is 19.5. The number of carbonyl (C=O) groups excluding carboxylic acids is 1. The molecular formula is C25H36FN7O2. The molecule has 0 atom stereocenters. The monoisotopic (exact) mass is 485 g/mol. The molecule has 0 saturated carbocycles. The molecule has 9 nitrogen and oxygen atoms in total. The van der Waals surface area contributed by atoms with Crippen molar-refractivity contribution in [3.63, 3.8) is 0 Å². The average molecular weight is 486 g/mol. The third kappa shape index (κ3) is 9.79. The number of allylic oxidation sites excluding steroid dienone is 1. The number of aromatic nitrogens is 2. The summed E-state index contributed by atoms with van der Waals surface area (Å²) in [6, 6.07) is 6.27. The van der Waals surface area contributed by atoms with Gasteiger partial charge in [-0.05, 0) is 36.3 Å². The molecule has 1 aromatic heterocycles. The number of hydrogen-bond acceptors (Lipinski definition) is 7. The van der Waals surface area contributed by atoms with Gasteiger partial charge in [-0.15, -0.1) is 0 Å². The van der Waals surface area contributed by atoms with Gasteiger partial charge < -0.3 is 20.7 Å². The van der Waals surface area contributed by atoms with E-state index in [1.165, 1.54) is 6.07 Å². The fraction of sp³-hybridized carbons (Fsp3) is 0.440. The Morgan fingerprint density at radius 1 is 1.26 bits per heavy atom. The van der Waals surface area contributed by atoms with Crippen LogP contribution < -0.4 is 11.1 Å². The molecule has 1 saturated heterocycles. The number of anilines is 2. The van der Waals surface area contributed by atoms with Crippen LogP contribution in [0.4, 0.5) is 20.8 Å². The van der Waals surface area contributed by atoms with E-state index in [2.05, 4.69) is 25.2 Å². The first-order valence-corrected chi connectivity index (χ1v) is 11.9. The Hall–Kier alpha value is -3.37. The first kappa shape index (κ1) is 27.9. The number of nitrogen functional groups attached to an aromatic ring is 1. The number of aryl methyl sites for hydroxylation is 1. The second-order valence-electron chi connectivity index (χ2n) is 7.53. The van der Waals surface area contributed by atoms with E-state index in [0.29, 0.717) is 46.1 Å². The lowest BCUT2D eigenvalue weighted by molar-refractivity contribution is 0.146. The maximum Gasteiger partial charge on any atom is 0.322 e. The second kappa shape index (κ2) is 15.5. The highest BCUT2D eigenvalue weighted by atomic mass is 19.1. The minimum absolute atomic E-state index is 0.225. The maximum atomic E-state index is 14.0. The Kier molecular flexibility index (Phi) is 12.4. The zero-order valence-electron chi connectivity index (χ0n) is 20.8. The number of urea groups is 1. The molecule has 2 amide bonds. The quantitative estimate of drug-likeness (QED) is 0.414. The maximum absolute atomic E-state index is 14.0. The van der Waals surface area contributed by atoms with Crippen LogP contribution in [0.3, 0.4) is 0 Å². The van der Waals surface area contributed by atoms with E-state index in [0.717, 1.165) is 17.7 Å². The Bertz CT molecular complexity index is 976. The van der Waals surface area contributed by atoms with Crippen molar-refractivity contribution in [2.45, 2.75) is 33.8 Å². The minimum Gasteiger partial charge on any atom is -0.371 e. The summed E-state index contributed by atoms with van der Waals surface area (Å²) in [5, 5.41) is 2.69. The van der Waals surface area contributed by atoms with Crippen LogP contribution in [0.25, 0.3) is 0 Å². The zero-order valence-corrected chi connectivity index (χ0v) is 20.8. The lowest BCUT2D eigenvalue weighted by atomic mass is 10.1. The highest BCUT2D eigenvalue weighted by molar-refractivity contribution is 5.89. The number of halogens is 1. The van der Waals surface area contributed by atoms with Gasteiger partial charge in [-0.3, -0.25) is 9.89 Å². The number of aliphatic imine (C=N–C) groups is 1. The van der Waals surface area contributed by atoms with Crippen LogP contribution >= 0.6 is 0 Å². The van der Waals surface area contributed by atoms with E-state index in [1.807, 2.05) is 32.9 Å². The van der Waals surface area contributed by atoms with Gasteiger partial charge >= 0.3 is 6.03 Å². The molecule has 10 heteroatoms. The Labute approximate surface area is 206 Å². The van der Waals surface area contributed by atoms with E-state index in [9.17, 15) is 9.18 Å². The van der Waals surface area contributed by atoms with Crippen LogP contribution in [0.1, 0.15) is 32.0 Å². The molecule has 3 rings (SSSR count). The highest BCUT2D eigenvalue weighted by Crippen LogP contribution is 2.17. The van der Waals surface area contributed by atoms with Gasteiger partial charge in [-0.1, -0.05) is 32.9 Å². The van der Waals surface area contributed by atoms with Crippen LogP contribution in [-0.4, -0.2) is 71.5 Å². The van der Waals surface area contributed by atoms with Crippen LogP contribution in [0.2, 0.25) is 0 Å². The lowest BCUT2D eigenvalue weighted by Gasteiger charge is -2.33. The fourth-order valence-corrected chi connectivity index (χ4v) is 3.24. The normalized spacial score (nSPS) is 14.2. The van der Waals surface area contributed by atoms with E-state index < -0.39 is 5.82 Å². The van der Waals surface area contributed by atoms with E-state index >= 15 is 0 Å². The van der Waals surface area contributed by atoms with Gasteiger partial charge in [0.2, 0.25) is 5.95 Å². The largest absolute Gasteiger partial charge is 0.371 e. The summed E-state index contributed by atoms with van der Waals surface area (Å²) >= 11 is 0. The summed E-state index contributed by atoms with van der Waals surface area (Å²) in [4.78, 5) is 28.6. The number of nitrogens with zero attached hydrogens (tertiary/aromatic N) is 5. The predicted molar refractivity (Wildman–Crippen MR) is 138 cm³/mol. The molecule has 0 bridgehead atoms. The van der Waals surface area contributed by atoms with Crippen molar-refractivity contribution in [2.24, 2.45) is 4.99 Å². The molecule has 2 aromatic rings. The summed E-state index contributed by atoms with van der Waals surface area (Å²) in [6.07, 6.45) is 7.80. The number of ether oxygens (including phenoxy) is 1. The average Bonchev–Trinajstić information content (AvgIpc) is 2.88. The minimum atomic E-state index is -0.425. The Morgan fingerprint density at radius 2 is 2.03 bits per heavy atom. The van der Waals surface area contributed by atoms with Crippen molar-refractivity contribution >= 4 is 23.9 Å². The summed E-state index contributed by atoms with van der Waals surface area (Å²) in [7, 11) is 0. The summed E-state index contributed by atoms with van der Waals surface area (Å²) in [6.45, 7) is 9.88. The molecule has 1 fully saturated rings. The van der Waals surface area contributed by atoms with Gasteiger partial charge in [0.15, 0.2) is 0 Å². The van der Waals surface area contributed by atoms with Gasteiger partial charge in [0.05, 0.1) is 31.3 Å². The molecule has 1 aliphatic heterocycles. The van der Waals surface area contributed by atoms with Crippen molar-refractivity contribution in [1.29, 1.82) is 0 Å². The number of benzene rings is 1. The second-order valence-corrected chi connectivity index (χ2v) is 7.53. The summed E-state index contributed by atoms with van der Waals surface area (Å²) in [5.74, 6) is -0.193.